The third-order valence-corrected chi connectivity index (χ3v) is 4.86. The number of halogens is 2. The molecule has 0 saturated heterocycles. The molecule has 0 saturated carbocycles. The van der Waals surface area contributed by atoms with Gasteiger partial charge in [-0.05, 0) is 47.5 Å². The second-order valence-corrected chi connectivity index (χ2v) is 21.1. The van der Waals surface area contributed by atoms with Gasteiger partial charge in [0.05, 0.1) is 0 Å². The zero-order valence-electron chi connectivity index (χ0n) is 17.7. The summed E-state index contributed by atoms with van der Waals surface area (Å²) in [5.41, 5.74) is 5.93. The van der Waals surface area contributed by atoms with Gasteiger partial charge < -0.3 is 4.90 Å². The van der Waals surface area contributed by atoms with Crippen molar-refractivity contribution in [2.45, 2.75) is 19.9 Å². The molecule has 1 heterocycles. The fraction of sp³-hybridized carbons (Fsp3) is 0.115. The zero-order valence-corrected chi connectivity index (χ0v) is 23.8. The number of nitrogens with zero attached hydrogens (tertiary/aromatic N) is 2. The van der Waals surface area contributed by atoms with Crippen LogP contribution in [0.1, 0.15) is 13.3 Å². The molecule has 1 aromatic heterocycles. The molecule has 2 nitrogen and oxygen atoms in total. The standard InChI is InChI=1S/C26H25N2.2BrH.Zn/c1-2-19-27-20-17-23(18-21-27)22-13-15-26(16-14-22)28(24-9-5-3-6-10-24)25-11-7-4-8-12-25;;;/h3-18,20-21H,2,19H2,1H3;2*1H;/q+1;;;+2/p-2. The molecule has 0 amide bonds. The first-order valence-corrected chi connectivity index (χ1v) is 24.3. The molecule has 0 bridgehead atoms. The SMILES string of the molecule is CCC[n+]1ccc(-c2ccc(N(c3ccccc3)c3ccccc3)cc2)cc1.[Br][Zn][Br]. The minimum atomic E-state index is -0.250. The molecule has 154 valence electrons. The quantitative estimate of drug-likeness (QED) is 0.162. The molecule has 0 atom stereocenters. The van der Waals surface area contributed by atoms with Crippen molar-refractivity contribution in [1.82, 2.24) is 0 Å². The Morgan fingerprint density at radius 3 is 1.52 bits per heavy atom. The number of para-hydroxylation sites is 2. The average Bonchev–Trinajstić information content (AvgIpc) is 2.83. The summed E-state index contributed by atoms with van der Waals surface area (Å²) in [5, 5.41) is 0. The van der Waals surface area contributed by atoms with E-state index in [4.69, 9.17) is 0 Å². The average molecular weight is 591 g/mol. The van der Waals surface area contributed by atoms with Crippen molar-refractivity contribution >= 4 is 44.3 Å². The van der Waals surface area contributed by atoms with E-state index in [1.807, 2.05) is 0 Å². The molecule has 0 aliphatic heterocycles. The van der Waals surface area contributed by atoms with Gasteiger partial charge >= 0.3 is 40.5 Å². The molecule has 4 aromatic rings. The first kappa shape index (κ1) is 23.8. The van der Waals surface area contributed by atoms with Crippen LogP contribution in [-0.2, 0) is 19.8 Å². The maximum atomic E-state index is 3.25. The molecule has 0 fully saturated rings. The molecule has 0 aliphatic carbocycles. The molecular formula is C26H25Br2N2Zn+. The van der Waals surface area contributed by atoms with Gasteiger partial charge in [-0.25, -0.2) is 4.57 Å². The van der Waals surface area contributed by atoms with Crippen molar-refractivity contribution < 1.29 is 17.8 Å². The molecule has 0 aliphatic rings. The second-order valence-electron chi connectivity index (χ2n) is 6.98. The van der Waals surface area contributed by atoms with Gasteiger partial charge in [-0.15, -0.1) is 0 Å². The number of aryl methyl sites for hydroxylation is 1. The van der Waals surface area contributed by atoms with Crippen LogP contribution in [0.5, 0.6) is 0 Å². The van der Waals surface area contributed by atoms with Crippen LogP contribution in [0.4, 0.5) is 17.1 Å². The number of pyridine rings is 1. The van der Waals surface area contributed by atoms with E-state index < -0.39 is 0 Å². The van der Waals surface area contributed by atoms with Crippen molar-refractivity contribution in [1.29, 1.82) is 0 Å². The van der Waals surface area contributed by atoms with E-state index in [0.29, 0.717) is 0 Å². The van der Waals surface area contributed by atoms with Crippen LogP contribution in [0.3, 0.4) is 0 Å². The van der Waals surface area contributed by atoms with Crippen LogP contribution in [-0.4, -0.2) is 0 Å². The van der Waals surface area contributed by atoms with Gasteiger partial charge in [0.2, 0.25) is 0 Å². The Bertz CT molecular complexity index is 985. The number of anilines is 3. The molecular weight excluding hydrogens is 565 g/mol. The normalized spacial score (nSPS) is 9.90. The Labute approximate surface area is 206 Å². The number of hydrogen-bond donors (Lipinski definition) is 0. The van der Waals surface area contributed by atoms with Gasteiger partial charge in [0.15, 0.2) is 12.4 Å². The fourth-order valence-electron chi connectivity index (χ4n) is 3.46. The van der Waals surface area contributed by atoms with Crippen molar-refractivity contribution in [3.05, 3.63) is 109 Å². The van der Waals surface area contributed by atoms with Gasteiger partial charge in [0.1, 0.15) is 6.54 Å². The van der Waals surface area contributed by atoms with Crippen molar-refractivity contribution in [2.24, 2.45) is 0 Å². The summed E-state index contributed by atoms with van der Waals surface area (Å²) in [7, 11) is 0. The van der Waals surface area contributed by atoms with Gasteiger partial charge in [-0.3, -0.25) is 0 Å². The van der Waals surface area contributed by atoms with Crippen molar-refractivity contribution in [3.63, 3.8) is 0 Å². The summed E-state index contributed by atoms with van der Waals surface area (Å²) in [6, 6.07) is 34.2. The third kappa shape index (κ3) is 6.84. The van der Waals surface area contributed by atoms with Crippen molar-refractivity contribution in [3.8, 4) is 11.1 Å². The zero-order chi connectivity index (χ0) is 21.9. The molecule has 0 unspecified atom stereocenters. The summed E-state index contributed by atoms with van der Waals surface area (Å²) >= 11 is 6.25. The Morgan fingerprint density at radius 1 is 0.645 bits per heavy atom. The van der Waals surface area contributed by atoms with E-state index in [1.54, 1.807) is 0 Å². The van der Waals surface area contributed by atoms with Crippen LogP contribution in [0.2, 0.25) is 0 Å². The summed E-state index contributed by atoms with van der Waals surface area (Å²) in [5.74, 6) is 0. The predicted octanol–water partition coefficient (Wildman–Crippen LogP) is 8.21. The second kappa shape index (κ2) is 12.9. The molecule has 4 rings (SSSR count). The number of benzene rings is 3. The Kier molecular flexibility index (Phi) is 9.93. The summed E-state index contributed by atoms with van der Waals surface area (Å²) in [6.07, 6.45) is 5.47. The van der Waals surface area contributed by atoms with Crippen LogP contribution >= 0.6 is 27.2 Å². The first-order valence-electron chi connectivity index (χ1n) is 10.4. The summed E-state index contributed by atoms with van der Waals surface area (Å²) in [4.78, 5) is 2.28. The van der Waals surface area contributed by atoms with E-state index >= 15 is 0 Å². The molecule has 3 aromatic carbocycles. The fourth-order valence-corrected chi connectivity index (χ4v) is 3.46. The summed E-state index contributed by atoms with van der Waals surface area (Å²) in [6.45, 7) is 3.26. The molecule has 0 radical (unpaired) electrons. The Hall–Kier alpha value is -1.81. The van der Waals surface area contributed by atoms with E-state index in [0.717, 1.165) is 30.0 Å². The molecule has 31 heavy (non-hydrogen) atoms. The van der Waals surface area contributed by atoms with E-state index in [1.165, 1.54) is 11.1 Å². The van der Waals surface area contributed by atoms with E-state index in [2.05, 4.69) is 153 Å². The van der Waals surface area contributed by atoms with Crippen LogP contribution < -0.4 is 9.47 Å². The first-order chi connectivity index (χ1) is 15.3. The number of rotatable bonds is 6. The van der Waals surface area contributed by atoms with Gasteiger partial charge in [0.25, 0.3) is 0 Å². The molecule has 5 heteroatoms. The third-order valence-electron chi connectivity index (χ3n) is 4.86. The molecule has 0 spiro atoms. The molecule has 0 N–H and O–H groups in total. The van der Waals surface area contributed by atoms with E-state index in [9.17, 15) is 0 Å². The van der Waals surface area contributed by atoms with Crippen LogP contribution in [0.15, 0.2) is 109 Å². The van der Waals surface area contributed by atoms with Crippen LogP contribution in [0.25, 0.3) is 11.1 Å². The van der Waals surface area contributed by atoms with Gasteiger partial charge in [-0.1, -0.05) is 55.5 Å². The predicted molar refractivity (Wildman–Crippen MR) is 135 cm³/mol. The Balaban J connectivity index is 0.000000858. The van der Waals surface area contributed by atoms with Gasteiger partial charge in [0, 0.05) is 35.6 Å². The van der Waals surface area contributed by atoms with Crippen molar-refractivity contribution in [2.75, 3.05) is 4.90 Å². The Morgan fingerprint density at radius 2 is 1.06 bits per heavy atom. The number of hydrogen-bond acceptors (Lipinski definition) is 1. The monoisotopic (exact) mass is 587 g/mol. The minimum absolute atomic E-state index is 0.250. The summed E-state index contributed by atoms with van der Waals surface area (Å²) < 4.78 is 2.23. The van der Waals surface area contributed by atoms with Gasteiger partial charge in [-0.2, -0.15) is 0 Å². The van der Waals surface area contributed by atoms with Crippen LogP contribution in [0, 0.1) is 0 Å². The maximum absolute atomic E-state index is 3.25. The number of aromatic nitrogens is 1. The topological polar surface area (TPSA) is 7.12 Å². The van der Waals surface area contributed by atoms with E-state index in [-0.39, 0.29) is 13.2 Å².